The van der Waals surface area contributed by atoms with Crippen molar-refractivity contribution in [1.29, 1.82) is 0 Å². The van der Waals surface area contributed by atoms with Gasteiger partial charge in [0.1, 0.15) is 5.75 Å². The molecule has 0 spiro atoms. The van der Waals surface area contributed by atoms with Crippen LogP contribution in [0.1, 0.15) is 28.5 Å². The normalized spacial score (nSPS) is 16.5. The number of benzene rings is 7. The van der Waals surface area contributed by atoms with E-state index in [-0.39, 0.29) is 6.29 Å². The van der Waals surface area contributed by atoms with Crippen LogP contribution in [0.2, 0.25) is 0 Å². The molecular weight excluding hydrogens is 623 g/mol. The first kappa shape index (κ1) is 28.2. The van der Waals surface area contributed by atoms with Gasteiger partial charge >= 0.3 is 0 Å². The van der Waals surface area contributed by atoms with Crippen molar-refractivity contribution in [3.8, 4) is 28.0 Å². The second-order valence-electron chi connectivity index (χ2n) is 13.6. The van der Waals surface area contributed by atoms with Crippen LogP contribution in [-0.4, -0.2) is 10.8 Å². The van der Waals surface area contributed by atoms with Crippen LogP contribution in [0.25, 0.3) is 72.2 Å². The highest BCUT2D eigenvalue weighted by atomic mass is 16.5. The average Bonchev–Trinajstić information content (AvgIpc) is 3.52. The number of aliphatic imine (C=N–C) groups is 1. The van der Waals surface area contributed by atoms with Gasteiger partial charge in [-0.3, -0.25) is 0 Å². The van der Waals surface area contributed by atoms with Gasteiger partial charge in [0.05, 0.1) is 22.9 Å². The average molecular weight is 654 g/mol. The zero-order valence-electron chi connectivity index (χ0n) is 27.7. The molecule has 4 heteroatoms. The lowest BCUT2D eigenvalue weighted by Crippen LogP contribution is -2.30. The Morgan fingerprint density at radius 1 is 0.627 bits per heavy atom. The van der Waals surface area contributed by atoms with Gasteiger partial charge in [0.2, 0.25) is 6.29 Å². The maximum atomic E-state index is 6.36. The van der Waals surface area contributed by atoms with E-state index in [1.807, 2.05) is 18.3 Å². The molecule has 1 unspecified atom stereocenters. The third-order valence-corrected chi connectivity index (χ3v) is 10.7. The molecule has 11 rings (SSSR count). The summed E-state index contributed by atoms with van der Waals surface area (Å²) in [5.41, 5.74) is 14.7. The molecule has 7 aromatic carbocycles. The molecule has 3 aliphatic rings. The van der Waals surface area contributed by atoms with Crippen LogP contribution < -0.4 is 10.1 Å². The number of aromatic nitrogens is 1. The lowest BCUT2D eigenvalue weighted by atomic mass is 9.80. The van der Waals surface area contributed by atoms with E-state index in [0.717, 1.165) is 51.0 Å². The Morgan fingerprint density at radius 2 is 1.37 bits per heavy atom. The number of nitrogens with zero attached hydrogens (tertiary/aromatic N) is 2. The zero-order chi connectivity index (χ0) is 33.5. The Labute approximate surface area is 295 Å². The van der Waals surface area contributed by atoms with Gasteiger partial charge in [-0.1, -0.05) is 133 Å². The van der Waals surface area contributed by atoms with Gasteiger partial charge in [0.25, 0.3) is 0 Å². The molecule has 0 bridgehead atoms. The molecule has 2 aliphatic heterocycles. The fraction of sp³-hybridized carbons (Fsp3) is 0.0426. The second-order valence-corrected chi connectivity index (χ2v) is 13.6. The van der Waals surface area contributed by atoms with Gasteiger partial charge < -0.3 is 14.6 Å². The fourth-order valence-electron chi connectivity index (χ4n) is 8.38. The highest BCUT2D eigenvalue weighted by Gasteiger charge is 2.29. The lowest BCUT2D eigenvalue weighted by Gasteiger charge is -2.30. The van der Waals surface area contributed by atoms with Crippen LogP contribution in [0.4, 0.5) is 0 Å². The smallest absolute Gasteiger partial charge is 0.201 e. The van der Waals surface area contributed by atoms with Crippen LogP contribution in [0.3, 0.4) is 0 Å². The molecule has 240 valence electrons. The van der Waals surface area contributed by atoms with Crippen molar-refractivity contribution in [2.45, 2.75) is 12.7 Å². The fourth-order valence-corrected chi connectivity index (χ4v) is 8.38. The summed E-state index contributed by atoms with van der Waals surface area (Å²) in [5, 5.41) is 8.47. The third-order valence-electron chi connectivity index (χ3n) is 10.7. The maximum absolute atomic E-state index is 6.36. The predicted molar refractivity (Wildman–Crippen MR) is 210 cm³/mol. The molecular formula is C47H31N3O. The van der Waals surface area contributed by atoms with Crippen molar-refractivity contribution in [3.05, 3.63) is 180 Å². The number of nitrogens with one attached hydrogen (secondary N) is 1. The second kappa shape index (κ2) is 10.9. The molecule has 3 heterocycles. The van der Waals surface area contributed by atoms with Gasteiger partial charge in [-0.25, -0.2) is 4.99 Å². The number of rotatable bonds is 3. The van der Waals surface area contributed by atoms with Crippen molar-refractivity contribution >= 4 is 56.1 Å². The van der Waals surface area contributed by atoms with Crippen molar-refractivity contribution in [2.75, 3.05) is 0 Å². The van der Waals surface area contributed by atoms with E-state index in [1.54, 1.807) is 0 Å². The molecule has 4 nitrogen and oxygen atoms in total. The van der Waals surface area contributed by atoms with Gasteiger partial charge in [0.15, 0.2) is 5.76 Å². The van der Waals surface area contributed by atoms with E-state index in [0.29, 0.717) is 0 Å². The number of allylic oxidation sites excluding steroid dienone is 2. The highest BCUT2D eigenvalue weighted by Crippen LogP contribution is 2.44. The summed E-state index contributed by atoms with van der Waals surface area (Å²) in [7, 11) is 0. The van der Waals surface area contributed by atoms with Gasteiger partial charge in [-0.15, -0.1) is 0 Å². The van der Waals surface area contributed by atoms with E-state index in [2.05, 4.69) is 155 Å². The molecule has 1 atom stereocenters. The van der Waals surface area contributed by atoms with Crippen LogP contribution in [-0.2, 0) is 6.42 Å². The van der Waals surface area contributed by atoms with E-state index in [1.165, 1.54) is 55.3 Å². The monoisotopic (exact) mass is 653 g/mol. The van der Waals surface area contributed by atoms with Gasteiger partial charge in [-0.05, 0) is 80.6 Å². The number of para-hydroxylation sites is 1. The number of hydrogen-bond acceptors (Lipinski definition) is 3. The molecule has 51 heavy (non-hydrogen) atoms. The minimum absolute atomic E-state index is 0.334. The topological polar surface area (TPSA) is 38.5 Å². The largest absolute Gasteiger partial charge is 0.453 e. The van der Waals surface area contributed by atoms with Crippen LogP contribution in [0.5, 0.6) is 5.75 Å². The van der Waals surface area contributed by atoms with E-state index in [4.69, 9.17) is 9.73 Å². The Bertz CT molecular complexity index is 2830. The van der Waals surface area contributed by atoms with Crippen molar-refractivity contribution in [3.63, 3.8) is 0 Å². The first-order valence-corrected chi connectivity index (χ1v) is 17.5. The minimum Gasteiger partial charge on any atom is -0.453 e. The third kappa shape index (κ3) is 4.36. The summed E-state index contributed by atoms with van der Waals surface area (Å²) >= 11 is 0. The van der Waals surface area contributed by atoms with Crippen molar-refractivity contribution in [1.82, 2.24) is 9.88 Å². The molecule has 0 saturated heterocycles. The SMILES string of the molecule is C1=NC(n2c3ccccc3c3cc(-c4ccc5c(c4)C/C(=C/c4ccccc4)c4ccccc4-5)ccc32)NC2=C1Oc1cccc3cccc2c13. The Morgan fingerprint density at radius 3 is 2.29 bits per heavy atom. The first-order chi connectivity index (χ1) is 25.3. The van der Waals surface area contributed by atoms with Crippen LogP contribution >= 0.6 is 0 Å². The van der Waals surface area contributed by atoms with Gasteiger partial charge in [-0.2, -0.15) is 0 Å². The summed E-state index contributed by atoms with van der Waals surface area (Å²) in [4.78, 5) is 5.02. The Hall–Kier alpha value is -6.65. The lowest BCUT2D eigenvalue weighted by molar-refractivity contribution is 0.431. The quantitative estimate of drug-likeness (QED) is 0.206. The molecule has 8 aromatic rings. The van der Waals surface area contributed by atoms with Crippen LogP contribution in [0, 0.1) is 0 Å². The molecule has 0 radical (unpaired) electrons. The Kier molecular flexibility index (Phi) is 6.05. The van der Waals surface area contributed by atoms with E-state index in [9.17, 15) is 0 Å². The first-order valence-electron chi connectivity index (χ1n) is 17.5. The maximum Gasteiger partial charge on any atom is 0.201 e. The molecule has 0 saturated carbocycles. The van der Waals surface area contributed by atoms with E-state index < -0.39 is 0 Å². The minimum atomic E-state index is -0.334. The number of hydrogen-bond donors (Lipinski definition) is 1. The summed E-state index contributed by atoms with van der Waals surface area (Å²) in [6, 6.07) is 54.6. The summed E-state index contributed by atoms with van der Waals surface area (Å²) < 4.78 is 8.68. The summed E-state index contributed by atoms with van der Waals surface area (Å²) in [6.07, 6.45) is 4.78. The Balaban J connectivity index is 1.000. The van der Waals surface area contributed by atoms with Crippen LogP contribution in [0.15, 0.2) is 162 Å². The highest BCUT2D eigenvalue weighted by molar-refractivity contribution is 6.10. The molecule has 1 aliphatic carbocycles. The summed E-state index contributed by atoms with van der Waals surface area (Å²) in [6.45, 7) is 0. The molecule has 1 N–H and O–H groups in total. The summed E-state index contributed by atoms with van der Waals surface area (Å²) in [5.74, 6) is 1.62. The molecule has 0 amide bonds. The molecule has 0 fully saturated rings. The number of fused-ring (bicyclic) bond motifs is 7. The van der Waals surface area contributed by atoms with Crippen molar-refractivity contribution in [2.24, 2.45) is 4.99 Å². The predicted octanol–water partition coefficient (Wildman–Crippen LogP) is 11.3. The number of ether oxygens (including phenoxy) is 1. The zero-order valence-corrected chi connectivity index (χ0v) is 27.7. The van der Waals surface area contributed by atoms with Gasteiger partial charge in [0, 0.05) is 21.7 Å². The molecule has 1 aromatic heterocycles. The van der Waals surface area contributed by atoms with Crippen molar-refractivity contribution < 1.29 is 4.74 Å². The standard InChI is InChI=1S/C47H31N3O/c1-2-10-29(11-3-1)24-33-26-34-25-31(20-22-36(34)37-15-5-4-14-35(33)37)32-21-23-42-40(27-32)38-16-6-7-18-41(38)50(42)47-48-28-44-46(49-47)39-17-8-12-30-13-9-19-43(51-44)45(30)39/h1-25,27-28,47,49H,26H2/b33-24-. The van der Waals surface area contributed by atoms with E-state index >= 15 is 0 Å².